The van der Waals surface area contributed by atoms with Crippen molar-refractivity contribution < 1.29 is 68.8 Å². The number of ether oxygens (including phenoxy) is 3. The number of rotatable bonds is 8. The van der Waals surface area contributed by atoms with Crippen LogP contribution in [0.25, 0.3) is 0 Å². The summed E-state index contributed by atoms with van der Waals surface area (Å²) in [6, 6.07) is 8.78. The van der Waals surface area contributed by atoms with Gasteiger partial charge in [0.1, 0.15) is 23.8 Å². The van der Waals surface area contributed by atoms with Gasteiger partial charge in [-0.15, -0.1) is 0 Å². The van der Waals surface area contributed by atoms with Crippen molar-refractivity contribution in [3.63, 3.8) is 0 Å². The van der Waals surface area contributed by atoms with Crippen LogP contribution in [-0.2, 0) is 32.8 Å². The van der Waals surface area contributed by atoms with E-state index in [9.17, 15) is 54.6 Å². The zero-order chi connectivity index (χ0) is 41.5. The van der Waals surface area contributed by atoms with Gasteiger partial charge >= 0.3 is 0 Å². The molecule has 4 aliphatic rings. The highest BCUT2D eigenvalue weighted by atomic mass is 35.5. The van der Waals surface area contributed by atoms with Gasteiger partial charge in [0.15, 0.2) is 17.0 Å². The van der Waals surface area contributed by atoms with E-state index in [1.807, 2.05) is 0 Å². The number of phenols is 2. The second-order valence-electron chi connectivity index (χ2n) is 14.6. The third-order valence-electron chi connectivity index (χ3n) is 11.5. The number of ketones is 4. The number of allylic oxidation sites excluding steroid dienone is 2. The minimum atomic E-state index is -3.27. The van der Waals surface area contributed by atoms with E-state index in [0.29, 0.717) is 10.6 Å². The van der Waals surface area contributed by atoms with Gasteiger partial charge in [-0.2, -0.15) is 0 Å². The third-order valence-corrected chi connectivity index (χ3v) is 11.7. The van der Waals surface area contributed by atoms with Gasteiger partial charge in [0, 0.05) is 55.0 Å². The predicted octanol–water partition coefficient (Wildman–Crippen LogP) is 1.14. The highest BCUT2D eigenvalue weighted by Crippen LogP contribution is 2.56. The van der Waals surface area contributed by atoms with Gasteiger partial charge in [-0.05, 0) is 48.7 Å². The Hall–Kier alpha value is -5.04. The lowest BCUT2D eigenvalue weighted by atomic mass is 9.56. The number of hydrogen-bond donors (Lipinski definition) is 8. The van der Waals surface area contributed by atoms with Crippen LogP contribution < -0.4 is 10.6 Å². The molecular formula is C40H39ClN2O14. The summed E-state index contributed by atoms with van der Waals surface area (Å²) in [5, 5.41) is 74.5. The number of fused-ring (bicyclic) bond motifs is 5. The average molecular weight is 807 g/mol. The summed E-state index contributed by atoms with van der Waals surface area (Å²) < 4.78 is 16.7. The molecule has 7 rings (SSSR count). The zero-order valence-electron chi connectivity index (χ0n) is 31.0. The number of phenolic OH excluding ortho intramolecular Hbond substituents is 2. The van der Waals surface area contributed by atoms with E-state index in [-0.39, 0.29) is 23.2 Å². The first-order chi connectivity index (χ1) is 27.0. The molecule has 3 aromatic carbocycles. The van der Waals surface area contributed by atoms with Gasteiger partial charge in [0.25, 0.3) is 5.91 Å². The normalized spacial score (nSPS) is 29.2. The first kappa shape index (κ1) is 40.2. The Morgan fingerprint density at radius 3 is 2.32 bits per heavy atom. The largest absolute Gasteiger partial charge is 0.507 e. The molecule has 3 aliphatic carbocycles. The quantitative estimate of drug-likeness (QED) is 0.159. The first-order valence-corrected chi connectivity index (χ1v) is 18.2. The molecule has 3 aromatic rings. The Bertz CT molecular complexity index is 2290. The van der Waals surface area contributed by atoms with Crippen LogP contribution in [0.5, 0.6) is 11.5 Å². The Morgan fingerprint density at radius 2 is 1.68 bits per heavy atom. The zero-order valence-corrected chi connectivity index (χ0v) is 31.7. The monoisotopic (exact) mass is 806 g/mol. The van der Waals surface area contributed by atoms with Gasteiger partial charge in [-0.3, -0.25) is 24.0 Å². The van der Waals surface area contributed by atoms with Crippen molar-refractivity contribution in [3.8, 4) is 11.5 Å². The third kappa shape index (κ3) is 5.73. The van der Waals surface area contributed by atoms with E-state index in [2.05, 4.69) is 10.6 Å². The Balaban J connectivity index is 1.32. The maximum Gasteiger partial charge on any atom is 0.255 e. The van der Waals surface area contributed by atoms with Crippen LogP contribution in [0.4, 0.5) is 0 Å². The molecule has 1 heterocycles. The molecule has 8 atom stereocenters. The van der Waals surface area contributed by atoms with Gasteiger partial charge in [-0.25, -0.2) is 0 Å². The lowest BCUT2D eigenvalue weighted by Crippen LogP contribution is -2.73. The number of amides is 1. The lowest BCUT2D eigenvalue weighted by molar-refractivity contribution is -0.214. The molecule has 57 heavy (non-hydrogen) atoms. The Kier molecular flexibility index (Phi) is 10.2. The molecule has 1 amide bonds. The van der Waals surface area contributed by atoms with E-state index in [4.69, 9.17) is 25.8 Å². The van der Waals surface area contributed by atoms with Crippen molar-refractivity contribution in [1.82, 2.24) is 10.6 Å². The molecule has 1 saturated heterocycles. The highest BCUT2D eigenvalue weighted by molar-refractivity contribution is 6.31. The summed E-state index contributed by atoms with van der Waals surface area (Å²) in [7, 11) is 2.27. The number of halogens is 1. The number of Topliss-reactive ketones (excluding diaryl/α,β-unsaturated/α-hetero) is 3. The van der Waals surface area contributed by atoms with Gasteiger partial charge in [0.05, 0.1) is 53.2 Å². The lowest BCUT2D eigenvalue weighted by Gasteiger charge is -2.53. The van der Waals surface area contributed by atoms with Crippen LogP contribution in [-0.4, -0.2) is 117 Å². The number of benzene rings is 3. The molecule has 1 aliphatic heterocycles. The molecule has 1 fully saturated rings. The highest BCUT2D eigenvalue weighted by Gasteiger charge is 2.72. The number of carbonyl (C=O) groups excluding carboxylic acids is 5. The van der Waals surface area contributed by atoms with Crippen molar-refractivity contribution in [2.75, 3.05) is 20.8 Å². The summed E-state index contributed by atoms with van der Waals surface area (Å²) in [6.07, 6.45) is -5.69. The average Bonchev–Trinajstić information content (AvgIpc) is 3.15. The van der Waals surface area contributed by atoms with Crippen molar-refractivity contribution in [2.45, 2.75) is 68.7 Å². The van der Waals surface area contributed by atoms with Crippen LogP contribution in [0, 0.1) is 12.8 Å². The van der Waals surface area contributed by atoms with Crippen molar-refractivity contribution in [3.05, 3.63) is 103 Å². The minimum Gasteiger partial charge on any atom is -0.507 e. The fourth-order valence-electron chi connectivity index (χ4n) is 8.69. The number of carbonyl (C=O) groups is 5. The van der Waals surface area contributed by atoms with Crippen LogP contribution in [0.15, 0.2) is 48.2 Å². The number of aromatic hydroxyl groups is 2. The smallest absolute Gasteiger partial charge is 0.255 e. The SMILES string of the molecule is CO[C@H]1[C@H](C)OC(NC2=CC(=O)c3c(cc4c(c3O)C(=O)[C@]3(OC)[C@H](O)Cc5cc(C)c(C(=O)NCc6ccc(Cl)cc6)c(O)c5[C@]3(O)C4=O)C2=O)C(CO)[C@@H]1O. The summed E-state index contributed by atoms with van der Waals surface area (Å²) in [6.45, 7) is 2.45. The van der Waals surface area contributed by atoms with Crippen LogP contribution in [0.3, 0.4) is 0 Å². The molecule has 0 bridgehead atoms. The standard InChI is InChI=1S/C40H39ClN2O14/c1-15-9-18-10-25(46)40(56-4)36(52)28-21(35(51)39(40,54)29(18)33(50)26(15)37(53)42-13-17-5-7-19(41)8-6-17)11-20-27(32(28)49)24(45)12-23(30(20)47)43-38-22(14-44)31(48)34(55-3)16(2)57-38/h5-9,11-12,16,22,25,31,34,38,43-44,46,48-50,54H,10,13-14H2,1-4H3,(H,42,53)/t16-,22?,25+,31-,34-,38?,39-,40+/m0/s1. The fourth-order valence-corrected chi connectivity index (χ4v) is 8.82. The van der Waals surface area contributed by atoms with Crippen molar-refractivity contribution >= 4 is 40.6 Å². The van der Waals surface area contributed by atoms with E-state index in [1.54, 1.807) is 31.2 Å². The van der Waals surface area contributed by atoms with Crippen LogP contribution >= 0.6 is 11.6 Å². The number of aliphatic hydroxyl groups excluding tert-OH is 3. The minimum absolute atomic E-state index is 0.00701. The maximum absolute atomic E-state index is 14.8. The summed E-state index contributed by atoms with van der Waals surface area (Å²) in [5.74, 6) is -8.57. The maximum atomic E-state index is 14.8. The molecule has 16 nitrogen and oxygen atoms in total. The van der Waals surface area contributed by atoms with Gasteiger partial charge in [0.2, 0.25) is 17.3 Å². The number of nitrogens with one attached hydrogen (secondary N) is 2. The van der Waals surface area contributed by atoms with E-state index >= 15 is 0 Å². The first-order valence-electron chi connectivity index (χ1n) is 17.9. The predicted molar refractivity (Wildman–Crippen MR) is 197 cm³/mol. The second kappa shape index (κ2) is 14.4. The van der Waals surface area contributed by atoms with Crippen LogP contribution in [0.1, 0.15) is 81.0 Å². The molecule has 8 N–H and O–H groups in total. The molecule has 0 spiro atoms. The number of hydrogen-bond acceptors (Lipinski definition) is 15. The topological polar surface area (TPSA) is 258 Å². The molecule has 0 saturated carbocycles. The number of aryl methyl sites for hydroxylation is 1. The summed E-state index contributed by atoms with van der Waals surface area (Å²) >= 11 is 5.96. The number of aliphatic hydroxyl groups is 4. The molecule has 17 heteroatoms. The van der Waals surface area contributed by atoms with E-state index < -0.39 is 135 Å². The molecular weight excluding hydrogens is 768 g/mol. The van der Waals surface area contributed by atoms with E-state index in [1.165, 1.54) is 20.1 Å². The molecule has 2 unspecified atom stereocenters. The molecule has 0 radical (unpaired) electrons. The molecule has 0 aromatic heterocycles. The van der Waals surface area contributed by atoms with Gasteiger partial charge < -0.3 is 55.5 Å². The number of methoxy groups -OCH3 is 2. The summed E-state index contributed by atoms with van der Waals surface area (Å²) in [5.41, 5.74) is -9.55. The summed E-state index contributed by atoms with van der Waals surface area (Å²) in [4.78, 5) is 70.8. The van der Waals surface area contributed by atoms with Crippen molar-refractivity contribution in [1.29, 1.82) is 0 Å². The second-order valence-corrected chi connectivity index (χ2v) is 15.0. The van der Waals surface area contributed by atoms with Crippen molar-refractivity contribution in [2.24, 2.45) is 5.92 Å². The molecule has 300 valence electrons. The fraction of sp³-hybridized carbons (Fsp3) is 0.375. The Morgan fingerprint density at radius 1 is 1.00 bits per heavy atom. The van der Waals surface area contributed by atoms with Crippen LogP contribution in [0.2, 0.25) is 5.02 Å². The Labute approximate surface area is 329 Å². The van der Waals surface area contributed by atoms with E-state index in [0.717, 1.165) is 19.3 Å². The van der Waals surface area contributed by atoms with Gasteiger partial charge in [-0.1, -0.05) is 29.8 Å².